The predicted octanol–water partition coefficient (Wildman–Crippen LogP) is 0.780. The quantitative estimate of drug-likeness (QED) is 0.595. The predicted molar refractivity (Wildman–Crippen MR) is 40.7 cm³/mol. The molecule has 1 N–H and O–H groups in total. The third-order valence-electron chi connectivity index (χ3n) is 1.48. The summed E-state index contributed by atoms with van der Waals surface area (Å²) < 4.78 is 25.4. The second-order valence-electron chi connectivity index (χ2n) is 2.24. The van der Waals surface area contributed by atoms with E-state index >= 15 is 0 Å². The molecule has 0 aliphatic rings. The minimum absolute atomic E-state index is 0.0165. The lowest BCUT2D eigenvalue weighted by atomic mass is 9.72. The molecule has 0 fully saturated rings. The van der Waals surface area contributed by atoms with Crippen LogP contribution in [0.2, 0.25) is 6.82 Å². The molecule has 58 valence electrons. The fourth-order valence-corrected chi connectivity index (χ4v) is 0.927. The molecule has 0 amide bonds. The summed E-state index contributed by atoms with van der Waals surface area (Å²) in [6.45, 7) is 1.65. The Labute approximate surface area is 63.9 Å². The van der Waals surface area contributed by atoms with Crippen molar-refractivity contribution in [3.8, 4) is 5.75 Å². The lowest BCUT2D eigenvalue weighted by Crippen LogP contribution is -2.19. The van der Waals surface area contributed by atoms with E-state index in [9.17, 15) is 8.78 Å². The third-order valence-corrected chi connectivity index (χ3v) is 1.48. The second-order valence-corrected chi connectivity index (χ2v) is 2.24. The van der Waals surface area contributed by atoms with Gasteiger partial charge in [0.1, 0.15) is 17.4 Å². The summed E-state index contributed by atoms with van der Waals surface area (Å²) in [5.74, 6) is -1.76. The number of hydrogen-bond donors (Lipinski definition) is 1. The van der Waals surface area contributed by atoms with Crippen molar-refractivity contribution >= 4 is 12.7 Å². The summed E-state index contributed by atoms with van der Waals surface area (Å²) in [5.41, 5.74) is 0.0165. The molecule has 0 unspecified atom stereocenters. The van der Waals surface area contributed by atoms with Crippen molar-refractivity contribution in [2.75, 3.05) is 0 Å². The Morgan fingerprint density at radius 3 is 2.09 bits per heavy atom. The number of hydrogen-bond acceptors (Lipinski definition) is 1. The smallest absolute Gasteiger partial charge is 0.162 e. The first-order valence-corrected chi connectivity index (χ1v) is 3.32. The van der Waals surface area contributed by atoms with Gasteiger partial charge in [0.25, 0.3) is 0 Å². The van der Waals surface area contributed by atoms with Gasteiger partial charge in [-0.15, -0.1) is 0 Å². The highest BCUT2D eigenvalue weighted by Crippen LogP contribution is 2.10. The molecule has 1 rings (SSSR count). The summed E-state index contributed by atoms with van der Waals surface area (Å²) >= 11 is 0. The molecule has 0 saturated heterocycles. The summed E-state index contributed by atoms with van der Waals surface area (Å²) in [7, 11) is 0.290. The van der Waals surface area contributed by atoms with Gasteiger partial charge in [-0.05, 0) is 5.46 Å². The highest BCUT2D eigenvalue weighted by molar-refractivity contribution is 6.52. The van der Waals surface area contributed by atoms with Gasteiger partial charge in [-0.1, -0.05) is 6.82 Å². The van der Waals surface area contributed by atoms with Crippen molar-refractivity contribution in [1.82, 2.24) is 0 Å². The zero-order valence-corrected chi connectivity index (χ0v) is 6.06. The van der Waals surface area contributed by atoms with E-state index in [4.69, 9.17) is 5.11 Å². The van der Waals surface area contributed by atoms with Crippen molar-refractivity contribution in [3.05, 3.63) is 23.8 Å². The van der Waals surface area contributed by atoms with Gasteiger partial charge < -0.3 is 5.11 Å². The zero-order chi connectivity index (χ0) is 8.43. The minimum atomic E-state index is -0.690. The summed E-state index contributed by atoms with van der Waals surface area (Å²) in [4.78, 5) is 0. The molecule has 0 aliphatic heterocycles. The lowest BCUT2D eigenvalue weighted by molar-refractivity contribution is 0.462. The van der Waals surface area contributed by atoms with E-state index in [1.54, 1.807) is 6.82 Å². The Balaban J connectivity index is 3.25. The second kappa shape index (κ2) is 2.90. The van der Waals surface area contributed by atoms with Crippen molar-refractivity contribution in [2.24, 2.45) is 0 Å². The van der Waals surface area contributed by atoms with Crippen LogP contribution in [0.3, 0.4) is 0 Å². The van der Waals surface area contributed by atoms with Gasteiger partial charge in [-0.3, -0.25) is 0 Å². The maximum Gasteiger partial charge on any atom is 0.162 e. The van der Waals surface area contributed by atoms with Crippen molar-refractivity contribution in [3.63, 3.8) is 0 Å². The van der Waals surface area contributed by atoms with Gasteiger partial charge in [0.2, 0.25) is 0 Å². The Morgan fingerprint density at radius 1 is 1.27 bits per heavy atom. The van der Waals surface area contributed by atoms with E-state index in [-0.39, 0.29) is 18.5 Å². The molecule has 1 nitrogen and oxygen atoms in total. The SMILES string of the molecule is CBc1c(F)cc(O)cc1F. The molecule has 0 saturated carbocycles. The number of benzene rings is 1. The van der Waals surface area contributed by atoms with E-state index in [0.29, 0.717) is 0 Å². The van der Waals surface area contributed by atoms with Crippen LogP contribution in [0.1, 0.15) is 0 Å². The normalized spacial score (nSPS) is 9.73. The van der Waals surface area contributed by atoms with Gasteiger partial charge in [-0.2, -0.15) is 0 Å². The Bertz CT molecular complexity index is 252. The van der Waals surface area contributed by atoms with Gasteiger partial charge >= 0.3 is 0 Å². The van der Waals surface area contributed by atoms with Crippen LogP contribution in [-0.2, 0) is 0 Å². The van der Waals surface area contributed by atoms with Crippen molar-refractivity contribution < 1.29 is 13.9 Å². The van der Waals surface area contributed by atoms with Gasteiger partial charge in [0.15, 0.2) is 7.28 Å². The van der Waals surface area contributed by atoms with E-state index in [2.05, 4.69) is 0 Å². The third kappa shape index (κ3) is 1.50. The topological polar surface area (TPSA) is 20.2 Å². The fourth-order valence-electron chi connectivity index (χ4n) is 0.927. The van der Waals surface area contributed by atoms with E-state index in [1.807, 2.05) is 0 Å². The largest absolute Gasteiger partial charge is 0.508 e. The first-order valence-electron chi connectivity index (χ1n) is 3.32. The van der Waals surface area contributed by atoms with Crippen LogP contribution in [0.15, 0.2) is 12.1 Å². The number of halogens is 2. The minimum Gasteiger partial charge on any atom is -0.508 e. The van der Waals surface area contributed by atoms with Crippen LogP contribution >= 0.6 is 0 Å². The number of phenolic OH excluding ortho intramolecular Hbond substituents is 1. The van der Waals surface area contributed by atoms with Crippen LogP contribution in [0.5, 0.6) is 5.75 Å². The van der Waals surface area contributed by atoms with Crippen LogP contribution < -0.4 is 5.46 Å². The number of aromatic hydroxyl groups is 1. The maximum atomic E-state index is 12.7. The molecular weight excluding hydrogens is 149 g/mol. The average molecular weight is 156 g/mol. The van der Waals surface area contributed by atoms with E-state index < -0.39 is 11.6 Å². The summed E-state index contributed by atoms with van der Waals surface area (Å²) in [6.07, 6.45) is 0. The first kappa shape index (κ1) is 8.05. The molecule has 0 heterocycles. The molecule has 4 heteroatoms. The first-order chi connectivity index (χ1) is 5.15. The molecule has 0 bridgehead atoms. The molecule has 1 aromatic carbocycles. The van der Waals surface area contributed by atoms with Gasteiger partial charge in [0, 0.05) is 12.1 Å². The average Bonchev–Trinajstić information content (AvgIpc) is 1.85. The summed E-state index contributed by atoms with van der Waals surface area (Å²) in [5, 5.41) is 8.73. The number of rotatable bonds is 1. The maximum absolute atomic E-state index is 12.7. The van der Waals surface area contributed by atoms with Crippen LogP contribution in [0, 0.1) is 11.6 Å². The van der Waals surface area contributed by atoms with Crippen LogP contribution in [0.25, 0.3) is 0 Å². The number of phenols is 1. The molecule has 1 aromatic rings. The summed E-state index contributed by atoms with van der Waals surface area (Å²) in [6, 6.07) is 1.81. The van der Waals surface area contributed by atoms with Crippen LogP contribution in [0.4, 0.5) is 8.78 Å². The molecule has 0 radical (unpaired) electrons. The van der Waals surface area contributed by atoms with Crippen molar-refractivity contribution in [2.45, 2.75) is 6.82 Å². The highest BCUT2D eigenvalue weighted by Gasteiger charge is 2.08. The zero-order valence-electron chi connectivity index (χ0n) is 6.06. The van der Waals surface area contributed by atoms with E-state index in [0.717, 1.165) is 12.1 Å². The Kier molecular flexibility index (Phi) is 2.12. The monoisotopic (exact) mass is 156 g/mol. The fraction of sp³-hybridized carbons (Fsp3) is 0.143. The molecule has 0 atom stereocenters. The molecule has 11 heavy (non-hydrogen) atoms. The molecular formula is C7H7BF2O. The van der Waals surface area contributed by atoms with Crippen molar-refractivity contribution in [1.29, 1.82) is 0 Å². The standard InChI is InChI=1S/C7H7BF2O/c1-8-7-5(9)2-4(11)3-6(7)10/h2-3,8,11H,1H3. The molecule has 0 aliphatic carbocycles. The molecule has 0 aromatic heterocycles. The molecule has 0 spiro atoms. The van der Waals surface area contributed by atoms with E-state index in [1.165, 1.54) is 0 Å². The highest BCUT2D eigenvalue weighted by atomic mass is 19.1. The Morgan fingerprint density at radius 2 is 1.73 bits per heavy atom. The lowest BCUT2D eigenvalue weighted by Gasteiger charge is -2.00. The van der Waals surface area contributed by atoms with Gasteiger partial charge in [0.05, 0.1) is 0 Å². The van der Waals surface area contributed by atoms with Crippen LogP contribution in [-0.4, -0.2) is 12.4 Å². The Hall–Kier alpha value is -1.06. The van der Waals surface area contributed by atoms with Gasteiger partial charge in [-0.25, -0.2) is 8.78 Å².